The predicted octanol–water partition coefficient (Wildman–Crippen LogP) is 7.01. The van der Waals surface area contributed by atoms with Crippen LogP contribution in [0.4, 0.5) is 39.8 Å². The normalized spacial score (nSPS) is 19.0. The Morgan fingerprint density at radius 3 is 1.78 bits per heavy atom. The summed E-state index contributed by atoms with van der Waals surface area (Å²) in [6.45, 7) is 12.8. The van der Waals surface area contributed by atoms with Crippen LogP contribution in [-0.4, -0.2) is 85.5 Å². The van der Waals surface area contributed by atoms with Crippen LogP contribution in [-0.2, 0) is 15.7 Å². The van der Waals surface area contributed by atoms with E-state index in [1.165, 1.54) is 4.90 Å². The molecule has 3 heterocycles. The molecule has 246 valence electrons. The van der Waals surface area contributed by atoms with Gasteiger partial charge in [-0.05, 0) is 80.9 Å². The molecule has 0 aliphatic carbocycles. The molecule has 14 heteroatoms. The van der Waals surface area contributed by atoms with Crippen molar-refractivity contribution in [3.05, 3.63) is 45.8 Å². The second-order valence-corrected chi connectivity index (χ2v) is 17.2. The molecule has 0 bridgehead atoms. The van der Waals surface area contributed by atoms with Gasteiger partial charge in [0.1, 0.15) is 16.8 Å². The van der Waals surface area contributed by atoms with Gasteiger partial charge in [0.05, 0.1) is 22.4 Å². The minimum atomic E-state index is -4.70. The average molecular weight is 762 g/mol. The second kappa shape index (κ2) is 12.5. The number of halogens is 4. The summed E-state index contributed by atoms with van der Waals surface area (Å²) < 4.78 is 57.5. The number of hydrogen-bond acceptors (Lipinski definition) is 7. The maximum Gasteiger partial charge on any atom is 0.420 e. The maximum atomic E-state index is 15.3. The van der Waals surface area contributed by atoms with Crippen LogP contribution in [0.5, 0.6) is 0 Å². The van der Waals surface area contributed by atoms with E-state index in [1.54, 1.807) is 63.5 Å². The van der Waals surface area contributed by atoms with E-state index in [0.29, 0.717) is 42.1 Å². The molecule has 45 heavy (non-hydrogen) atoms. The number of ether oxygens (including phenoxy) is 2. The largest absolute Gasteiger partial charge is 0.444 e. The van der Waals surface area contributed by atoms with Crippen molar-refractivity contribution < 1.29 is 32.2 Å². The van der Waals surface area contributed by atoms with E-state index in [9.17, 15) is 9.59 Å². The second-order valence-electron chi connectivity index (χ2n) is 13.2. The van der Waals surface area contributed by atoms with Gasteiger partial charge in [0.25, 0.3) is 0 Å². The summed E-state index contributed by atoms with van der Waals surface area (Å²) in [5.41, 5.74) is -1.04. The summed E-state index contributed by atoms with van der Waals surface area (Å²) in [6.07, 6.45) is -5.62. The number of nitrogens with zero attached hydrogens (tertiary/aromatic N) is 5. The zero-order valence-electron chi connectivity index (χ0n) is 26.3. The van der Waals surface area contributed by atoms with Crippen LogP contribution < -0.4 is 15.2 Å². The number of carbonyl (C=O) groups is 2. The Labute approximate surface area is 275 Å². The molecule has 2 saturated heterocycles. The highest BCUT2D eigenvalue weighted by molar-refractivity contribution is 14.2. The molecule has 0 N–H and O–H groups in total. The number of carbonyl (C=O) groups excluding carboxylic acids is 2. The van der Waals surface area contributed by atoms with Gasteiger partial charge in [-0.2, -0.15) is 13.2 Å². The molecule has 0 aromatic heterocycles. The minimum Gasteiger partial charge on any atom is -0.444 e. The van der Waals surface area contributed by atoms with Gasteiger partial charge in [-0.25, -0.2) is 14.6 Å². The summed E-state index contributed by atoms with van der Waals surface area (Å²) in [5, 5.41) is -0.0559. The number of anilines is 2. The van der Waals surface area contributed by atoms with Crippen molar-refractivity contribution in [2.45, 2.75) is 63.8 Å². The third-order valence-corrected chi connectivity index (χ3v) is 11.8. The number of fused-ring (bicyclic) bond motifs is 2. The predicted molar refractivity (Wildman–Crippen MR) is 177 cm³/mol. The lowest BCUT2D eigenvalue weighted by Gasteiger charge is -2.42. The van der Waals surface area contributed by atoms with Gasteiger partial charge in [-0.15, -0.1) is 0 Å². The van der Waals surface area contributed by atoms with Gasteiger partial charge < -0.3 is 29.1 Å². The third kappa shape index (κ3) is 7.47. The zero-order valence-corrected chi connectivity index (χ0v) is 29.3. The fourth-order valence-corrected chi connectivity index (χ4v) is 8.93. The van der Waals surface area contributed by atoms with E-state index in [-0.39, 0.29) is 37.2 Å². The number of hydrogen-bond donors (Lipinski definition) is 0. The Morgan fingerprint density at radius 1 is 0.800 bits per heavy atom. The summed E-state index contributed by atoms with van der Waals surface area (Å²) >= 11 is 2.22. The average Bonchev–Trinajstić information content (AvgIpc) is 2.94. The van der Waals surface area contributed by atoms with Crippen LogP contribution in [0.25, 0.3) is 0 Å². The molecule has 2 aromatic carbocycles. The number of piperazine rings is 2. The number of para-hydroxylation sites is 1. The van der Waals surface area contributed by atoms with E-state index in [1.807, 2.05) is 23.1 Å². The Morgan fingerprint density at radius 2 is 1.29 bits per heavy atom. The van der Waals surface area contributed by atoms with Crippen LogP contribution in [0.2, 0.25) is 0 Å². The highest BCUT2D eigenvalue weighted by Crippen LogP contribution is 2.48. The first kappa shape index (κ1) is 33.6. The van der Waals surface area contributed by atoms with Crippen LogP contribution in [0.1, 0.15) is 47.1 Å². The van der Waals surface area contributed by atoms with Crippen molar-refractivity contribution in [3.8, 4) is 0 Å². The topological polar surface area (TPSA) is 77.9 Å². The molecule has 0 saturated carbocycles. The lowest BCUT2D eigenvalue weighted by Crippen LogP contribution is -2.52. The highest BCUT2D eigenvalue weighted by atomic mass is 127. The number of benzene rings is 2. The molecule has 1 unspecified atom stereocenters. The Bertz CT molecular complexity index is 1610. The van der Waals surface area contributed by atoms with Gasteiger partial charge >= 0.3 is 18.4 Å². The molecule has 2 fully saturated rings. The molecule has 1 atom stereocenters. The smallest absolute Gasteiger partial charge is 0.420 e. The Kier molecular flexibility index (Phi) is 9.30. The SMILES string of the molecule is CC(C)(C)OC(=O)N1CCN(c2cc3c(c(C(F)(F)F)c2N2CCN(C(=O)OC(C)(C)C)CC2)=Nc2ccccc2S=3I)CC1. The number of alkyl halides is 3. The Hall–Kier alpha value is -2.75. The molecule has 9 nitrogen and oxygen atoms in total. The first-order valence-electron chi connectivity index (χ1n) is 14.9. The molecular formula is C31H39F3IN5O4S. The van der Waals surface area contributed by atoms with Gasteiger partial charge in [-0.1, -0.05) is 19.8 Å². The molecule has 0 spiro atoms. The fourth-order valence-electron chi connectivity index (χ4n) is 5.54. The molecule has 2 amide bonds. The lowest BCUT2D eigenvalue weighted by atomic mass is 10.0. The van der Waals surface area contributed by atoms with Crippen molar-refractivity contribution in [3.63, 3.8) is 0 Å². The standard InChI is InChI=1S/C31H39F3IN5O4S/c1-29(2,3)43-27(41)39-15-11-37(12-16-39)21-19-23-25(36-20-9-7-8-10-22(20)45(23)35)24(31(32,33)34)26(21)38-13-17-40(18-14-38)28(42)44-30(4,5)6/h7-10,19H,11-18H2,1-6H3. The van der Waals surface area contributed by atoms with E-state index < -0.39 is 42.8 Å². The van der Waals surface area contributed by atoms with E-state index >= 15 is 13.2 Å². The fraction of sp³-hybridized carbons (Fsp3) is 0.548. The number of rotatable bonds is 2. The van der Waals surface area contributed by atoms with Crippen molar-refractivity contribution in [1.82, 2.24) is 9.80 Å². The Balaban J connectivity index is 1.58. The van der Waals surface area contributed by atoms with Crippen LogP contribution in [0.3, 0.4) is 0 Å². The quantitative estimate of drug-likeness (QED) is 0.242. The molecule has 3 aliphatic heterocycles. The summed E-state index contributed by atoms with van der Waals surface area (Å²) in [6, 6.07) is 9.17. The van der Waals surface area contributed by atoms with Crippen molar-refractivity contribution >= 4 is 58.1 Å². The molecule has 2 aromatic rings. The van der Waals surface area contributed by atoms with E-state index in [4.69, 9.17) is 9.47 Å². The monoisotopic (exact) mass is 761 g/mol. The maximum absolute atomic E-state index is 15.3. The van der Waals surface area contributed by atoms with E-state index in [0.717, 1.165) is 4.90 Å². The van der Waals surface area contributed by atoms with E-state index in [2.05, 4.69) is 26.2 Å². The summed E-state index contributed by atoms with van der Waals surface area (Å²) in [4.78, 5) is 37.8. The minimum absolute atomic E-state index is 0.0559. The van der Waals surface area contributed by atoms with Crippen molar-refractivity contribution in [1.29, 1.82) is 0 Å². The first-order chi connectivity index (χ1) is 20.9. The summed E-state index contributed by atoms with van der Waals surface area (Å²) in [5.74, 6) is 0. The lowest BCUT2D eigenvalue weighted by molar-refractivity contribution is -0.138. The van der Waals surface area contributed by atoms with Crippen LogP contribution in [0.15, 0.2) is 40.2 Å². The zero-order chi connectivity index (χ0) is 32.9. The molecular weight excluding hydrogens is 722 g/mol. The van der Waals surface area contributed by atoms with Gasteiger partial charge in [0.2, 0.25) is 0 Å². The first-order valence-corrected chi connectivity index (χ1v) is 18.6. The summed E-state index contributed by atoms with van der Waals surface area (Å²) in [7, 11) is -0.684. The van der Waals surface area contributed by atoms with Crippen LogP contribution in [0, 0.1) is 4.51 Å². The number of amides is 2. The van der Waals surface area contributed by atoms with Gasteiger partial charge in [-0.3, -0.25) is 0 Å². The van der Waals surface area contributed by atoms with Crippen molar-refractivity contribution in [2.24, 2.45) is 4.99 Å². The highest BCUT2D eigenvalue weighted by Gasteiger charge is 2.42. The third-order valence-electron chi connectivity index (χ3n) is 7.50. The van der Waals surface area contributed by atoms with Crippen LogP contribution >= 0.6 is 28.9 Å². The molecule has 5 rings (SSSR count). The van der Waals surface area contributed by atoms with Crippen molar-refractivity contribution in [2.75, 3.05) is 62.2 Å². The van der Waals surface area contributed by atoms with Gasteiger partial charge in [0.15, 0.2) is 0 Å². The molecule has 3 aliphatic rings. The molecule has 0 radical (unpaired) electrons. The van der Waals surface area contributed by atoms with Gasteiger partial charge in [0, 0.05) is 61.8 Å².